The van der Waals surface area contributed by atoms with Gasteiger partial charge in [-0.25, -0.2) is 0 Å². The highest BCUT2D eigenvalue weighted by molar-refractivity contribution is 8.01. The summed E-state index contributed by atoms with van der Waals surface area (Å²) >= 11 is 2.31. The Kier molecular flexibility index (Phi) is 4.48. The van der Waals surface area contributed by atoms with Gasteiger partial charge in [0.25, 0.3) is 5.88 Å². The molecule has 0 fully saturated rings. The van der Waals surface area contributed by atoms with E-state index in [1.165, 1.54) is 0 Å². The molecule has 0 saturated carbocycles. The van der Waals surface area contributed by atoms with Crippen LogP contribution in [0.2, 0.25) is 0 Å². The number of carbonyl (C=O) groups is 1. The lowest BCUT2D eigenvalue weighted by Crippen LogP contribution is -2.12. The first-order valence-corrected chi connectivity index (χ1v) is 7.03. The number of amides is 1. The van der Waals surface area contributed by atoms with Crippen molar-refractivity contribution >= 4 is 39.7 Å². The van der Waals surface area contributed by atoms with Gasteiger partial charge in [-0.3, -0.25) is 4.79 Å². The van der Waals surface area contributed by atoms with E-state index in [0.717, 1.165) is 23.1 Å². The minimum Gasteiger partial charge on any atom is -0.491 e. The van der Waals surface area contributed by atoms with E-state index < -0.39 is 5.91 Å². The second kappa shape index (κ2) is 6.30. The van der Waals surface area contributed by atoms with Crippen LogP contribution in [-0.4, -0.2) is 21.8 Å². The predicted molar refractivity (Wildman–Crippen MR) is 74.3 cm³/mol. The number of aromatic nitrogens is 1. The van der Waals surface area contributed by atoms with Crippen molar-refractivity contribution < 1.29 is 9.90 Å². The Labute approximate surface area is 117 Å². The van der Waals surface area contributed by atoms with Gasteiger partial charge in [-0.15, -0.1) is 10.2 Å². The van der Waals surface area contributed by atoms with Crippen LogP contribution in [0.5, 0.6) is 5.88 Å². The van der Waals surface area contributed by atoms with Crippen LogP contribution in [0.25, 0.3) is 0 Å². The van der Waals surface area contributed by atoms with Crippen LogP contribution >= 0.6 is 23.1 Å². The number of carbonyl (C=O) groups excluding carboxylic acids is 1. The van der Waals surface area contributed by atoms with Gasteiger partial charge in [-0.2, -0.15) is 4.98 Å². The molecule has 1 amide bonds. The molecule has 2 rings (SSSR count). The lowest BCUT2D eigenvalue weighted by atomic mass is 10.3. The van der Waals surface area contributed by atoms with E-state index in [1.54, 1.807) is 12.1 Å². The van der Waals surface area contributed by atoms with Crippen molar-refractivity contribution in [3.05, 3.63) is 30.3 Å². The molecule has 0 aliphatic heterocycles. The van der Waals surface area contributed by atoms with E-state index in [2.05, 4.69) is 15.2 Å². The number of benzene rings is 1. The van der Waals surface area contributed by atoms with Crippen molar-refractivity contribution in [2.75, 3.05) is 5.75 Å². The van der Waals surface area contributed by atoms with Crippen LogP contribution in [-0.2, 0) is 4.79 Å². The van der Waals surface area contributed by atoms with Gasteiger partial charge in [-0.05, 0) is 12.1 Å². The quantitative estimate of drug-likeness (QED) is 0.654. The summed E-state index contributed by atoms with van der Waals surface area (Å²) in [7, 11) is 0. The maximum absolute atomic E-state index is 10.6. The number of azo groups is 1. The molecule has 3 N–H and O–H groups in total. The molecule has 0 saturated heterocycles. The number of aromatic hydroxyl groups is 1. The highest BCUT2D eigenvalue weighted by atomic mass is 32.2. The predicted octanol–water partition coefficient (Wildman–Crippen LogP) is 2.84. The van der Waals surface area contributed by atoms with Gasteiger partial charge in [0.05, 0.1) is 11.4 Å². The Bertz CT molecular complexity index is 598. The molecular weight excluding hydrogens is 284 g/mol. The van der Waals surface area contributed by atoms with Crippen LogP contribution in [0.3, 0.4) is 0 Å². The number of primary amides is 1. The molecule has 1 aromatic carbocycles. The molecule has 8 heteroatoms. The van der Waals surface area contributed by atoms with Crippen LogP contribution in [0, 0.1) is 0 Å². The number of thioether (sulfide) groups is 1. The molecule has 0 spiro atoms. The van der Waals surface area contributed by atoms with Crippen LogP contribution < -0.4 is 5.73 Å². The van der Waals surface area contributed by atoms with Gasteiger partial charge in [-0.1, -0.05) is 41.3 Å². The van der Waals surface area contributed by atoms with E-state index >= 15 is 0 Å². The Morgan fingerprint density at radius 3 is 2.79 bits per heavy atom. The second-order valence-electron chi connectivity index (χ2n) is 3.40. The van der Waals surface area contributed by atoms with Gasteiger partial charge < -0.3 is 10.8 Å². The SMILES string of the molecule is NC(=O)CSc1nc(O)c(N=Nc2ccccc2)s1. The Morgan fingerprint density at radius 2 is 2.11 bits per heavy atom. The van der Waals surface area contributed by atoms with E-state index in [9.17, 15) is 9.90 Å². The smallest absolute Gasteiger partial charge is 0.252 e. The van der Waals surface area contributed by atoms with Crippen molar-refractivity contribution in [1.29, 1.82) is 0 Å². The van der Waals surface area contributed by atoms with E-state index in [1.807, 2.05) is 18.2 Å². The van der Waals surface area contributed by atoms with E-state index in [0.29, 0.717) is 15.0 Å². The normalized spacial score (nSPS) is 10.9. The summed E-state index contributed by atoms with van der Waals surface area (Å²) in [6.45, 7) is 0. The van der Waals surface area contributed by atoms with Crippen LogP contribution in [0.4, 0.5) is 10.7 Å². The van der Waals surface area contributed by atoms with Gasteiger partial charge in [0.15, 0.2) is 4.34 Å². The number of hydrogen-bond acceptors (Lipinski definition) is 7. The molecule has 0 bridgehead atoms. The van der Waals surface area contributed by atoms with Crippen molar-refractivity contribution in [3.8, 4) is 5.88 Å². The zero-order chi connectivity index (χ0) is 13.7. The average molecular weight is 294 g/mol. The summed E-state index contributed by atoms with van der Waals surface area (Å²) in [6, 6.07) is 9.15. The molecular formula is C11H10N4O2S2. The zero-order valence-corrected chi connectivity index (χ0v) is 11.3. The minimum absolute atomic E-state index is 0.113. The fraction of sp³-hybridized carbons (Fsp3) is 0.0909. The Hall–Kier alpha value is -1.93. The fourth-order valence-corrected chi connectivity index (χ4v) is 2.73. The lowest BCUT2D eigenvalue weighted by molar-refractivity contribution is -0.115. The summed E-state index contributed by atoms with van der Waals surface area (Å²) in [6.07, 6.45) is 0. The third-order valence-electron chi connectivity index (χ3n) is 1.92. The highest BCUT2D eigenvalue weighted by Gasteiger charge is 2.11. The molecule has 19 heavy (non-hydrogen) atoms. The summed E-state index contributed by atoms with van der Waals surface area (Å²) in [5, 5.41) is 17.8. The van der Waals surface area contributed by atoms with Gasteiger partial charge in [0.1, 0.15) is 0 Å². The molecule has 2 aromatic rings. The van der Waals surface area contributed by atoms with Crippen molar-refractivity contribution in [3.63, 3.8) is 0 Å². The molecule has 1 heterocycles. The Balaban J connectivity index is 2.08. The third-order valence-corrected chi connectivity index (χ3v) is 4.02. The molecule has 0 unspecified atom stereocenters. The topological polar surface area (TPSA) is 101 Å². The molecule has 98 valence electrons. The largest absolute Gasteiger partial charge is 0.491 e. The number of thiazole rings is 1. The molecule has 0 atom stereocenters. The fourth-order valence-electron chi connectivity index (χ4n) is 1.14. The van der Waals surface area contributed by atoms with E-state index in [4.69, 9.17) is 5.73 Å². The molecule has 0 aliphatic carbocycles. The maximum Gasteiger partial charge on any atom is 0.252 e. The maximum atomic E-state index is 10.6. The zero-order valence-electron chi connectivity index (χ0n) is 9.68. The first kappa shape index (κ1) is 13.5. The first-order chi connectivity index (χ1) is 9.15. The summed E-state index contributed by atoms with van der Waals surface area (Å²) in [5.41, 5.74) is 5.71. The monoisotopic (exact) mass is 294 g/mol. The van der Waals surface area contributed by atoms with Gasteiger partial charge >= 0.3 is 0 Å². The number of hydrogen-bond donors (Lipinski definition) is 2. The average Bonchev–Trinajstić information content (AvgIpc) is 2.76. The lowest BCUT2D eigenvalue weighted by Gasteiger charge is -1.89. The van der Waals surface area contributed by atoms with E-state index in [-0.39, 0.29) is 11.6 Å². The molecule has 1 aromatic heterocycles. The van der Waals surface area contributed by atoms with Gasteiger partial charge in [0.2, 0.25) is 10.9 Å². The standard InChI is InChI=1S/C11H10N4O2S2/c12-8(16)6-18-11-13-9(17)10(19-11)15-14-7-4-2-1-3-5-7/h1-5,17H,6H2,(H2,12,16). The first-order valence-electron chi connectivity index (χ1n) is 5.23. The van der Waals surface area contributed by atoms with Crippen molar-refractivity contribution in [2.45, 2.75) is 4.34 Å². The second-order valence-corrected chi connectivity index (χ2v) is 5.60. The summed E-state index contributed by atoms with van der Waals surface area (Å²) in [4.78, 5) is 14.5. The summed E-state index contributed by atoms with van der Waals surface area (Å²) < 4.78 is 0.526. The van der Waals surface area contributed by atoms with Crippen molar-refractivity contribution in [2.24, 2.45) is 16.0 Å². The van der Waals surface area contributed by atoms with Crippen molar-refractivity contribution in [1.82, 2.24) is 4.98 Å². The number of nitrogens with zero attached hydrogens (tertiary/aromatic N) is 3. The third kappa shape index (κ3) is 4.04. The summed E-state index contributed by atoms with van der Waals surface area (Å²) in [5.74, 6) is -0.522. The Morgan fingerprint density at radius 1 is 1.37 bits per heavy atom. The molecule has 0 radical (unpaired) electrons. The molecule has 0 aliphatic rings. The number of rotatable bonds is 5. The molecule has 6 nitrogen and oxygen atoms in total. The van der Waals surface area contributed by atoms with Gasteiger partial charge in [0, 0.05) is 0 Å². The highest BCUT2D eigenvalue weighted by Crippen LogP contribution is 2.38. The number of nitrogens with two attached hydrogens (primary N) is 1. The van der Waals surface area contributed by atoms with Crippen LogP contribution in [0.15, 0.2) is 44.9 Å². The van der Waals surface area contributed by atoms with Crippen LogP contribution in [0.1, 0.15) is 0 Å². The minimum atomic E-state index is -0.438.